The van der Waals surface area contributed by atoms with Gasteiger partial charge in [-0.3, -0.25) is 9.69 Å². The Kier molecular flexibility index (Phi) is 11.5. The number of morpholine rings is 1. The number of hydrogen-bond donors (Lipinski definition) is 2. The average Bonchev–Trinajstić information content (AvgIpc) is 2.90. The maximum atomic E-state index is 11.9. The second-order valence-corrected chi connectivity index (χ2v) is 5.71. The van der Waals surface area contributed by atoms with Crippen LogP contribution in [0.1, 0.15) is 32.6 Å². The van der Waals surface area contributed by atoms with Crippen LogP contribution < -0.4 is 10.6 Å². The van der Waals surface area contributed by atoms with Gasteiger partial charge < -0.3 is 15.4 Å². The van der Waals surface area contributed by atoms with E-state index in [9.17, 15) is 4.79 Å². The van der Waals surface area contributed by atoms with Gasteiger partial charge in [0.1, 0.15) is 0 Å². The fraction of sp³-hybridized carbons (Fsp3) is 0.929. The highest BCUT2D eigenvalue weighted by Crippen LogP contribution is 2.10. The second kappa shape index (κ2) is 11.5. The third-order valence-electron chi connectivity index (χ3n) is 3.93. The van der Waals surface area contributed by atoms with Crippen LogP contribution in [-0.4, -0.2) is 62.3 Å². The minimum absolute atomic E-state index is 0. The van der Waals surface area contributed by atoms with Crippen molar-refractivity contribution in [3.8, 4) is 0 Å². The lowest BCUT2D eigenvalue weighted by Gasteiger charge is -2.29. The molecule has 0 aromatic rings. The van der Waals surface area contributed by atoms with E-state index in [0.29, 0.717) is 12.5 Å². The molecule has 2 heterocycles. The highest BCUT2D eigenvalue weighted by molar-refractivity contribution is 5.85. The van der Waals surface area contributed by atoms with Crippen molar-refractivity contribution in [1.29, 1.82) is 0 Å². The van der Waals surface area contributed by atoms with Gasteiger partial charge in [-0.1, -0.05) is 0 Å². The number of ether oxygens (including phenoxy) is 1. The number of hydrogen-bond acceptors (Lipinski definition) is 4. The summed E-state index contributed by atoms with van der Waals surface area (Å²) in [7, 11) is 0. The van der Waals surface area contributed by atoms with Gasteiger partial charge in [-0.05, 0) is 32.7 Å². The van der Waals surface area contributed by atoms with Crippen molar-refractivity contribution in [2.45, 2.75) is 44.7 Å². The van der Waals surface area contributed by atoms with E-state index in [1.165, 1.54) is 12.8 Å². The van der Waals surface area contributed by atoms with E-state index in [0.717, 1.165) is 45.8 Å². The van der Waals surface area contributed by atoms with Crippen molar-refractivity contribution < 1.29 is 9.53 Å². The lowest BCUT2D eigenvalue weighted by atomic mass is 10.1. The number of nitrogens with one attached hydrogen (secondary N) is 2. The summed E-state index contributed by atoms with van der Waals surface area (Å²) in [6.45, 7) is 7.71. The molecule has 2 atom stereocenters. The third-order valence-corrected chi connectivity index (χ3v) is 3.93. The van der Waals surface area contributed by atoms with Gasteiger partial charge in [0.2, 0.25) is 5.91 Å². The lowest BCUT2D eigenvalue weighted by Crippen LogP contribution is -2.46. The van der Waals surface area contributed by atoms with Gasteiger partial charge >= 0.3 is 0 Å². The van der Waals surface area contributed by atoms with Crippen LogP contribution in [0.3, 0.4) is 0 Å². The molecule has 2 aliphatic heterocycles. The van der Waals surface area contributed by atoms with Crippen LogP contribution in [0.25, 0.3) is 0 Å². The van der Waals surface area contributed by atoms with Crippen LogP contribution in [0.15, 0.2) is 0 Å². The number of carbonyl (C=O) groups excluding carboxylic acids is 1. The molecule has 0 bridgehead atoms. The Morgan fingerprint density at radius 3 is 2.71 bits per heavy atom. The molecule has 2 fully saturated rings. The van der Waals surface area contributed by atoms with Crippen LogP contribution in [0, 0.1) is 0 Å². The molecule has 2 saturated heterocycles. The van der Waals surface area contributed by atoms with E-state index < -0.39 is 0 Å². The zero-order valence-corrected chi connectivity index (χ0v) is 14.4. The Hall–Kier alpha value is -0.0700. The van der Waals surface area contributed by atoms with Gasteiger partial charge in [0, 0.05) is 38.1 Å². The molecular formula is C14H29Cl2N3O2. The van der Waals surface area contributed by atoms with Crippen LogP contribution >= 0.6 is 24.8 Å². The Balaban J connectivity index is 0.00000200. The predicted molar refractivity (Wildman–Crippen MR) is 89.6 cm³/mol. The maximum absolute atomic E-state index is 11.9. The quantitative estimate of drug-likeness (QED) is 0.762. The molecule has 0 radical (unpaired) electrons. The fourth-order valence-electron chi connectivity index (χ4n) is 2.87. The van der Waals surface area contributed by atoms with E-state index >= 15 is 0 Å². The third kappa shape index (κ3) is 8.21. The number of carbonyl (C=O) groups is 1. The van der Waals surface area contributed by atoms with Crippen LogP contribution in [0.4, 0.5) is 0 Å². The van der Waals surface area contributed by atoms with Gasteiger partial charge in [0.25, 0.3) is 0 Å². The first-order valence-corrected chi connectivity index (χ1v) is 7.57. The molecule has 126 valence electrons. The van der Waals surface area contributed by atoms with Gasteiger partial charge in [-0.2, -0.15) is 0 Å². The maximum Gasteiger partial charge on any atom is 0.220 e. The molecule has 0 aromatic carbocycles. The van der Waals surface area contributed by atoms with E-state index in [1.54, 1.807) is 0 Å². The van der Waals surface area contributed by atoms with Crippen molar-refractivity contribution >= 4 is 30.7 Å². The highest BCUT2D eigenvalue weighted by Gasteiger charge is 2.17. The minimum atomic E-state index is 0. The smallest absolute Gasteiger partial charge is 0.220 e. The first kappa shape index (κ1) is 20.9. The molecule has 5 nitrogen and oxygen atoms in total. The Morgan fingerprint density at radius 2 is 2.10 bits per heavy atom. The molecule has 2 unspecified atom stereocenters. The molecule has 2 N–H and O–H groups in total. The van der Waals surface area contributed by atoms with Crippen molar-refractivity contribution in [2.75, 3.05) is 39.4 Å². The van der Waals surface area contributed by atoms with Crippen molar-refractivity contribution in [1.82, 2.24) is 15.5 Å². The average molecular weight is 342 g/mol. The van der Waals surface area contributed by atoms with E-state index in [-0.39, 0.29) is 36.8 Å². The first-order chi connectivity index (χ1) is 9.24. The molecule has 0 saturated carbocycles. The molecule has 1 amide bonds. The Morgan fingerprint density at radius 1 is 1.38 bits per heavy atom. The largest absolute Gasteiger partial charge is 0.379 e. The predicted octanol–water partition coefficient (Wildman–Crippen LogP) is 1.20. The summed E-state index contributed by atoms with van der Waals surface area (Å²) in [5.41, 5.74) is 0. The normalized spacial score (nSPS) is 23.8. The molecule has 7 heteroatoms. The molecule has 2 aliphatic rings. The number of rotatable bonds is 6. The van der Waals surface area contributed by atoms with Gasteiger partial charge in [0.05, 0.1) is 13.2 Å². The summed E-state index contributed by atoms with van der Waals surface area (Å²) in [4.78, 5) is 14.2. The van der Waals surface area contributed by atoms with Gasteiger partial charge in [-0.15, -0.1) is 24.8 Å². The highest BCUT2D eigenvalue weighted by atomic mass is 35.5. The summed E-state index contributed by atoms with van der Waals surface area (Å²) in [6.07, 6.45) is 4.08. The summed E-state index contributed by atoms with van der Waals surface area (Å²) in [5.74, 6) is 0.189. The number of nitrogens with zero attached hydrogens (tertiary/aromatic N) is 1. The van der Waals surface area contributed by atoms with E-state index in [1.807, 2.05) is 0 Å². The topological polar surface area (TPSA) is 53.6 Å². The molecule has 21 heavy (non-hydrogen) atoms. The van der Waals surface area contributed by atoms with Gasteiger partial charge in [-0.25, -0.2) is 0 Å². The minimum Gasteiger partial charge on any atom is -0.379 e. The molecule has 0 aliphatic carbocycles. The van der Waals surface area contributed by atoms with Crippen molar-refractivity contribution in [3.63, 3.8) is 0 Å². The molecule has 0 aromatic heterocycles. The second-order valence-electron chi connectivity index (χ2n) is 5.71. The zero-order chi connectivity index (χ0) is 13.5. The molecule has 2 rings (SSSR count). The summed E-state index contributed by atoms with van der Waals surface area (Å²) in [6, 6.07) is 0.780. The summed E-state index contributed by atoms with van der Waals surface area (Å²) < 4.78 is 5.32. The van der Waals surface area contributed by atoms with Crippen LogP contribution in [0.5, 0.6) is 0 Å². The van der Waals surface area contributed by atoms with Crippen LogP contribution in [0.2, 0.25) is 0 Å². The van der Waals surface area contributed by atoms with Crippen LogP contribution in [-0.2, 0) is 9.53 Å². The molecular weight excluding hydrogens is 313 g/mol. The van der Waals surface area contributed by atoms with Gasteiger partial charge in [0.15, 0.2) is 0 Å². The van der Waals surface area contributed by atoms with Crippen molar-refractivity contribution in [3.05, 3.63) is 0 Å². The number of amides is 1. The fourth-order valence-corrected chi connectivity index (χ4v) is 2.87. The molecule has 0 spiro atoms. The summed E-state index contributed by atoms with van der Waals surface area (Å²) >= 11 is 0. The van der Waals surface area contributed by atoms with Crippen molar-refractivity contribution in [2.24, 2.45) is 0 Å². The van der Waals surface area contributed by atoms with E-state index in [2.05, 4.69) is 22.5 Å². The Bertz CT molecular complexity index is 283. The zero-order valence-electron chi connectivity index (χ0n) is 12.8. The van der Waals surface area contributed by atoms with E-state index in [4.69, 9.17) is 4.74 Å². The number of halogens is 2. The SMILES string of the molecule is CC(CN1CCOCC1)NC(=O)CCC1CCCN1.Cl.Cl. The Labute approximate surface area is 140 Å². The monoisotopic (exact) mass is 341 g/mol. The summed E-state index contributed by atoms with van der Waals surface area (Å²) in [5, 5.41) is 6.53. The lowest BCUT2D eigenvalue weighted by molar-refractivity contribution is -0.122. The standard InChI is InChI=1S/C14H27N3O2.2ClH/c1-12(11-17-7-9-19-10-8-17)16-14(18)5-4-13-3-2-6-15-13;;/h12-13,15H,2-11H2,1H3,(H,16,18);2*1H. The first-order valence-electron chi connectivity index (χ1n) is 7.57.